The third-order valence-electron chi connectivity index (χ3n) is 4.84. The largest absolute Gasteiger partial charge is 0.497 e. The van der Waals surface area contributed by atoms with Crippen LogP contribution in [0, 0.1) is 13.8 Å². The number of ether oxygens (including phenoxy) is 3. The van der Waals surface area contributed by atoms with Crippen molar-refractivity contribution in [3.8, 4) is 28.6 Å². The minimum atomic E-state index is -0.259. The number of methoxy groups -OCH3 is 2. The maximum Gasteiger partial charge on any atom is 0.262 e. The zero-order valence-electron chi connectivity index (χ0n) is 18.4. The van der Waals surface area contributed by atoms with Crippen LogP contribution in [0.15, 0.2) is 29.1 Å². The van der Waals surface area contributed by atoms with Crippen LogP contribution in [-0.2, 0) is 0 Å². The molecule has 3 rings (SSSR count). The quantitative estimate of drug-likeness (QED) is 0.551. The Hall–Kier alpha value is -3.06. The van der Waals surface area contributed by atoms with E-state index < -0.39 is 0 Å². The molecule has 0 aliphatic heterocycles. The number of aromatic amines is 1. The molecular weight excluding hydrogens is 382 g/mol. The second kappa shape index (κ2) is 9.17. The topological polar surface area (TPSA) is 85.5 Å². The van der Waals surface area contributed by atoms with Crippen molar-refractivity contribution in [3.05, 3.63) is 45.7 Å². The van der Waals surface area contributed by atoms with E-state index in [0.717, 1.165) is 29.0 Å². The van der Waals surface area contributed by atoms with E-state index in [1.54, 1.807) is 19.2 Å². The lowest BCUT2D eigenvalue weighted by Crippen LogP contribution is -2.27. The average Bonchev–Trinajstić information content (AvgIpc) is 2.71. The number of benzene rings is 2. The molecule has 0 spiro atoms. The first-order valence-corrected chi connectivity index (χ1v) is 9.98. The highest BCUT2D eigenvalue weighted by Gasteiger charge is 2.15. The predicted molar refractivity (Wildman–Crippen MR) is 119 cm³/mol. The number of fused-ring (bicyclic) bond motifs is 1. The molecule has 0 radical (unpaired) electrons. The van der Waals surface area contributed by atoms with Crippen LogP contribution in [0.4, 0.5) is 0 Å². The summed E-state index contributed by atoms with van der Waals surface area (Å²) in [6.07, 6.45) is 0. The van der Waals surface area contributed by atoms with E-state index in [9.17, 15) is 4.79 Å². The number of nitrogens with zero attached hydrogens (tertiary/aromatic N) is 1. The summed E-state index contributed by atoms with van der Waals surface area (Å²) in [6, 6.07) is 7.77. The summed E-state index contributed by atoms with van der Waals surface area (Å²) in [7, 11) is 3.08. The van der Waals surface area contributed by atoms with Gasteiger partial charge in [0, 0.05) is 30.3 Å². The molecule has 0 unspecified atom stereocenters. The summed E-state index contributed by atoms with van der Waals surface area (Å²) in [5.41, 5.74) is 3.05. The van der Waals surface area contributed by atoms with Gasteiger partial charge in [-0.25, -0.2) is 4.98 Å². The number of aromatic nitrogens is 2. The van der Waals surface area contributed by atoms with Crippen LogP contribution in [0.1, 0.15) is 25.0 Å². The lowest BCUT2D eigenvalue weighted by molar-refractivity contribution is 0.305. The van der Waals surface area contributed by atoms with E-state index in [-0.39, 0.29) is 5.56 Å². The second-order valence-electron chi connectivity index (χ2n) is 7.53. The standard InChI is InChI=1S/C23H29N3O4/c1-13(2)24-7-8-30-21-14(3)9-16(10-15(21)4)22-25-18-11-17(28-5)12-19(29-6)20(18)23(27)26-22/h9-13,24H,7-8H2,1-6H3,(H,25,26,27). The van der Waals surface area contributed by atoms with Gasteiger partial charge in [-0.2, -0.15) is 0 Å². The van der Waals surface area contributed by atoms with Crippen LogP contribution in [-0.4, -0.2) is 43.4 Å². The number of rotatable bonds is 8. The van der Waals surface area contributed by atoms with Gasteiger partial charge in [0.05, 0.1) is 19.7 Å². The lowest BCUT2D eigenvalue weighted by atomic mass is 10.0. The van der Waals surface area contributed by atoms with E-state index in [2.05, 4.69) is 29.1 Å². The van der Waals surface area contributed by atoms with Gasteiger partial charge in [-0.15, -0.1) is 0 Å². The average molecular weight is 412 g/mol. The third kappa shape index (κ3) is 4.57. The fraction of sp³-hybridized carbons (Fsp3) is 0.391. The van der Waals surface area contributed by atoms with Gasteiger partial charge < -0.3 is 24.5 Å². The van der Waals surface area contributed by atoms with E-state index >= 15 is 0 Å². The molecule has 2 N–H and O–H groups in total. The molecule has 30 heavy (non-hydrogen) atoms. The Morgan fingerprint density at radius 2 is 1.77 bits per heavy atom. The molecule has 0 fully saturated rings. The number of H-pyrrole nitrogens is 1. The van der Waals surface area contributed by atoms with Crippen molar-refractivity contribution in [1.82, 2.24) is 15.3 Å². The maximum atomic E-state index is 12.8. The molecule has 2 aromatic carbocycles. The normalized spacial score (nSPS) is 11.2. The Labute approximate surface area is 176 Å². The monoisotopic (exact) mass is 411 g/mol. The van der Waals surface area contributed by atoms with Gasteiger partial charge in [0.25, 0.3) is 5.56 Å². The molecular formula is C23H29N3O4. The predicted octanol–water partition coefficient (Wildman–Crippen LogP) is 3.60. The van der Waals surface area contributed by atoms with Crippen LogP contribution in [0.2, 0.25) is 0 Å². The smallest absolute Gasteiger partial charge is 0.262 e. The molecule has 7 heteroatoms. The second-order valence-corrected chi connectivity index (χ2v) is 7.53. The minimum Gasteiger partial charge on any atom is -0.497 e. The molecule has 0 saturated heterocycles. The van der Waals surface area contributed by atoms with E-state index in [1.807, 2.05) is 26.0 Å². The third-order valence-corrected chi connectivity index (χ3v) is 4.84. The highest BCUT2D eigenvalue weighted by Crippen LogP contribution is 2.31. The molecule has 0 aliphatic carbocycles. The van der Waals surface area contributed by atoms with Gasteiger partial charge in [-0.05, 0) is 37.1 Å². The first-order chi connectivity index (χ1) is 14.3. The number of hydrogen-bond acceptors (Lipinski definition) is 6. The molecule has 0 amide bonds. The summed E-state index contributed by atoms with van der Waals surface area (Å²) in [4.78, 5) is 20.3. The van der Waals surface area contributed by atoms with Crippen molar-refractivity contribution < 1.29 is 14.2 Å². The van der Waals surface area contributed by atoms with Gasteiger partial charge in [0.1, 0.15) is 35.1 Å². The first-order valence-electron chi connectivity index (χ1n) is 9.98. The molecule has 0 saturated carbocycles. The SMILES string of the molecule is COc1cc(OC)c2c(=O)[nH]c(-c3cc(C)c(OCCNC(C)C)c(C)c3)nc2c1. The Bertz CT molecular complexity index is 1080. The van der Waals surface area contributed by atoms with Gasteiger partial charge in [0.2, 0.25) is 0 Å². The molecule has 1 aromatic heterocycles. The van der Waals surface area contributed by atoms with Gasteiger partial charge in [-0.3, -0.25) is 4.79 Å². The van der Waals surface area contributed by atoms with Crippen molar-refractivity contribution in [1.29, 1.82) is 0 Å². The van der Waals surface area contributed by atoms with E-state index in [0.29, 0.717) is 40.9 Å². The molecule has 1 heterocycles. The molecule has 0 aliphatic rings. The molecule has 0 atom stereocenters. The van der Waals surface area contributed by atoms with Crippen LogP contribution in [0.25, 0.3) is 22.3 Å². The van der Waals surface area contributed by atoms with Gasteiger partial charge in [-0.1, -0.05) is 13.8 Å². The number of hydrogen-bond donors (Lipinski definition) is 2. The molecule has 7 nitrogen and oxygen atoms in total. The highest BCUT2D eigenvalue weighted by atomic mass is 16.5. The van der Waals surface area contributed by atoms with Crippen molar-refractivity contribution >= 4 is 10.9 Å². The Morgan fingerprint density at radius 3 is 2.37 bits per heavy atom. The summed E-state index contributed by atoms with van der Waals surface area (Å²) in [5.74, 6) is 2.35. The fourth-order valence-electron chi connectivity index (χ4n) is 3.44. The molecule has 160 valence electrons. The summed E-state index contributed by atoms with van der Waals surface area (Å²) in [5, 5.41) is 3.73. The van der Waals surface area contributed by atoms with Crippen LogP contribution >= 0.6 is 0 Å². The molecule has 0 bridgehead atoms. The summed E-state index contributed by atoms with van der Waals surface area (Å²) >= 11 is 0. The summed E-state index contributed by atoms with van der Waals surface area (Å²) < 4.78 is 16.6. The minimum absolute atomic E-state index is 0.259. The van der Waals surface area contributed by atoms with Crippen molar-refractivity contribution in [2.45, 2.75) is 33.7 Å². The Kier molecular flexibility index (Phi) is 6.62. The zero-order valence-corrected chi connectivity index (χ0v) is 18.4. The van der Waals surface area contributed by atoms with Crippen LogP contribution in [0.3, 0.4) is 0 Å². The van der Waals surface area contributed by atoms with Crippen molar-refractivity contribution in [2.75, 3.05) is 27.4 Å². The van der Waals surface area contributed by atoms with E-state index in [1.165, 1.54) is 7.11 Å². The van der Waals surface area contributed by atoms with Crippen molar-refractivity contribution in [2.24, 2.45) is 0 Å². The van der Waals surface area contributed by atoms with Gasteiger partial charge in [0.15, 0.2) is 0 Å². The highest BCUT2D eigenvalue weighted by molar-refractivity contribution is 5.87. The number of nitrogens with one attached hydrogen (secondary N) is 2. The molecule has 3 aromatic rings. The van der Waals surface area contributed by atoms with Crippen molar-refractivity contribution in [3.63, 3.8) is 0 Å². The lowest BCUT2D eigenvalue weighted by Gasteiger charge is -2.15. The Morgan fingerprint density at radius 1 is 1.07 bits per heavy atom. The maximum absolute atomic E-state index is 12.8. The number of aryl methyl sites for hydroxylation is 2. The first kappa shape index (κ1) is 21.6. The van der Waals surface area contributed by atoms with Crippen LogP contribution in [0.5, 0.6) is 17.2 Å². The summed E-state index contributed by atoms with van der Waals surface area (Å²) in [6.45, 7) is 9.56. The Balaban J connectivity index is 1.98. The van der Waals surface area contributed by atoms with Crippen LogP contribution < -0.4 is 25.1 Å². The zero-order chi connectivity index (χ0) is 21.8. The van der Waals surface area contributed by atoms with E-state index in [4.69, 9.17) is 14.2 Å². The fourth-order valence-corrected chi connectivity index (χ4v) is 3.44. The van der Waals surface area contributed by atoms with Gasteiger partial charge >= 0.3 is 0 Å².